The van der Waals surface area contributed by atoms with Gasteiger partial charge in [-0.25, -0.2) is 4.79 Å². The van der Waals surface area contributed by atoms with Crippen molar-refractivity contribution in [1.29, 1.82) is 0 Å². The number of hydrogen-bond acceptors (Lipinski definition) is 10. The maximum Gasteiger partial charge on any atom is 0.344 e. The van der Waals surface area contributed by atoms with Crippen molar-refractivity contribution in [2.75, 3.05) is 36.5 Å². The van der Waals surface area contributed by atoms with Gasteiger partial charge < -0.3 is 34.6 Å². The zero-order valence-electron chi connectivity index (χ0n) is 18.5. The summed E-state index contributed by atoms with van der Waals surface area (Å²) in [5, 5.41) is 22.0. The van der Waals surface area contributed by atoms with Crippen LogP contribution in [0.5, 0.6) is 17.5 Å². The number of aliphatic hydroxyl groups is 1. The Bertz CT molecular complexity index is 931. The number of aromatic nitrogens is 3. The minimum atomic E-state index is -1.03. The first-order valence-corrected chi connectivity index (χ1v) is 11.2. The second kappa shape index (κ2) is 10.5. The minimum Gasteiger partial charge on any atom is -0.490 e. The fraction of sp³-hybridized carbons (Fsp3) is 0.545. The summed E-state index contributed by atoms with van der Waals surface area (Å²) in [6.07, 6.45) is 2.35. The van der Waals surface area contributed by atoms with Crippen molar-refractivity contribution >= 4 is 17.9 Å². The van der Waals surface area contributed by atoms with Crippen molar-refractivity contribution in [3.63, 3.8) is 0 Å². The number of aliphatic hydroxyl groups excluding tert-OH is 1. The van der Waals surface area contributed by atoms with E-state index >= 15 is 0 Å². The van der Waals surface area contributed by atoms with Crippen molar-refractivity contribution < 1.29 is 29.2 Å². The van der Waals surface area contributed by atoms with Gasteiger partial charge in [-0.05, 0) is 56.9 Å². The minimum absolute atomic E-state index is 0.226. The summed E-state index contributed by atoms with van der Waals surface area (Å²) in [4.78, 5) is 26.2. The van der Waals surface area contributed by atoms with Gasteiger partial charge in [-0.3, -0.25) is 0 Å². The molecule has 11 heteroatoms. The van der Waals surface area contributed by atoms with Gasteiger partial charge in [0.05, 0.1) is 6.10 Å². The number of hydrogen-bond donors (Lipinski definition) is 3. The molecule has 0 spiro atoms. The summed E-state index contributed by atoms with van der Waals surface area (Å²) in [5.41, 5.74) is 0. The summed E-state index contributed by atoms with van der Waals surface area (Å²) in [5.74, 6) is 1.07. The van der Waals surface area contributed by atoms with Gasteiger partial charge in [0, 0.05) is 19.1 Å². The molecule has 33 heavy (non-hydrogen) atoms. The molecule has 1 unspecified atom stereocenters. The lowest BCUT2D eigenvalue weighted by Gasteiger charge is -2.29. The van der Waals surface area contributed by atoms with Crippen LogP contribution in [0.25, 0.3) is 0 Å². The number of piperidine rings is 1. The van der Waals surface area contributed by atoms with Crippen LogP contribution in [0.2, 0.25) is 0 Å². The number of nitrogens with zero attached hydrogens (tertiary/aromatic N) is 4. The van der Waals surface area contributed by atoms with Crippen molar-refractivity contribution in [3.05, 3.63) is 24.3 Å². The van der Waals surface area contributed by atoms with Crippen molar-refractivity contribution in [2.45, 2.75) is 50.9 Å². The van der Waals surface area contributed by atoms with Gasteiger partial charge in [0.2, 0.25) is 11.9 Å². The SMILES string of the molecule is CC(Oc1ccc(OCCOc2nc(NC3CC3)nc(N3CCC(O)CC3)n2)cc1)C(=O)O. The molecule has 1 aliphatic heterocycles. The standard InChI is InChI=1S/C22H29N5O6/c1-14(19(29)30)33-18-6-4-17(5-7-18)31-12-13-32-22-25-20(23-15-2-3-15)24-21(26-22)27-10-8-16(28)9-11-27/h4-7,14-16,28H,2-3,8-13H2,1H3,(H,29,30)(H,23,24,25,26). The van der Waals surface area contributed by atoms with Crippen LogP contribution in [0, 0.1) is 0 Å². The number of rotatable bonds is 11. The molecule has 4 rings (SSSR count). The summed E-state index contributed by atoms with van der Waals surface area (Å²) >= 11 is 0. The van der Waals surface area contributed by atoms with Crippen LogP contribution in [-0.2, 0) is 4.79 Å². The van der Waals surface area contributed by atoms with Crippen molar-refractivity contribution in [2.24, 2.45) is 0 Å². The fourth-order valence-corrected chi connectivity index (χ4v) is 3.25. The van der Waals surface area contributed by atoms with E-state index in [2.05, 4.69) is 20.3 Å². The molecule has 2 fully saturated rings. The molecular formula is C22H29N5O6. The summed E-state index contributed by atoms with van der Waals surface area (Å²) in [7, 11) is 0. The van der Waals surface area contributed by atoms with Gasteiger partial charge in [-0.2, -0.15) is 15.0 Å². The van der Waals surface area contributed by atoms with E-state index in [-0.39, 0.29) is 25.3 Å². The molecule has 1 aliphatic carbocycles. The molecule has 2 aromatic rings. The molecule has 2 heterocycles. The first-order chi connectivity index (χ1) is 16.0. The average Bonchev–Trinajstić information content (AvgIpc) is 3.62. The van der Waals surface area contributed by atoms with Gasteiger partial charge in [0.25, 0.3) is 0 Å². The van der Waals surface area contributed by atoms with Crippen LogP contribution in [0.1, 0.15) is 32.6 Å². The van der Waals surface area contributed by atoms with Gasteiger partial charge in [0.15, 0.2) is 6.10 Å². The maximum absolute atomic E-state index is 10.9. The second-order valence-electron chi connectivity index (χ2n) is 8.15. The first kappa shape index (κ1) is 22.8. The summed E-state index contributed by atoms with van der Waals surface area (Å²) in [6, 6.07) is 7.33. The molecule has 0 bridgehead atoms. The van der Waals surface area contributed by atoms with E-state index in [4.69, 9.17) is 19.3 Å². The van der Waals surface area contributed by atoms with Gasteiger partial charge >= 0.3 is 12.0 Å². The number of carbonyl (C=O) groups is 1. The highest BCUT2D eigenvalue weighted by Crippen LogP contribution is 2.25. The van der Waals surface area contributed by atoms with E-state index in [1.165, 1.54) is 6.92 Å². The molecule has 1 saturated carbocycles. The van der Waals surface area contributed by atoms with Gasteiger partial charge in [0.1, 0.15) is 24.7 Å². The molecule has 178 valence electrons. The Morgan fingerprint density at radius 2 is 1.73 bits per heavy atom. The van der Waals surface area contributed by atoms with E-state index in [1.807, 2.05) is 4.90 Å². The molecule has 0 amide bonds. The maximum atomic E-state index is 10.9. The van der Waals surface area contributed by atoms with Gasteiger partial charge in [-0.15, -0.1) is 0 Å². The first-order valence-electron chi connectivity index (χ1n) is 11.2. The Hall–Kier alpha value is -3.34. The Morgan fingerprint density at radius 3 is 2.39 bits per heavy atom. The lowest BCUT2D eigenvalue weighted by atomic mass is 10.1. The summed E-state index contributed by atoms with van der Waals surface area (Å²) < 4.78 is 16.7. The normalized spacial score (nSPS) is 17.3. The Kier molecular flexibility index (Phi) is 7.28. The largest absolute Gasteiger partial charge is 0.490 e. The average molecular weight is 460 g/mol. The zero-order valence-corrected chi connectivity index (χ0v) is 18.5. The highest BCUT2D eigenvalue weighted by atomic mass is 16.5. The van der Waals surface area contributed by atoms with Crippen LogP contribution in [-0.4, -0.2) is 75.7 Å². The fourth-order valence-electron chi connectivity index (χ4n) is 3.25. The third-order valence-electron chi connectivity index (χ3n) is 5.33. The highest BCUT2D eigenvalue weighted by molar-refractivity contribution is 5.72. The Morgan fingerprint density at radius 1 is 1.06 bits per heavy atom. The number of nitrogens with one attached hydrogen (secondary N) is 1. The van der Waals surface area contributed by atoms with E-state index in [9.17, 15) is 9.90 Å². The number of carboxylic acid groups (broad SMARTS) is 1. The van der Waals surface area contributed by atoms with E-state index in [0.717, 1.165) is 12.8 Å². The number of aliphatic carboxylic acids is 1. The lowest BCUT2D eigenvalue weighted by Crippen LogP contribution is -2.37. The number of anilines is 2. The molecule has 1 atom stereocenters. The molecule has 1 aromatic carbocycles. The number of benzene rings is 1. The van der Waals surface area contributed by atoms with Crippen molar-refractivity contribution in [3.8, 4) is 17.5 Å². The third kappa shape index (κ3) is 6.82. The third-order valence-corrected chi connectivity index (χ3v) is 5.33. The van der Waals surface area contributed by atoms with E-state index in [0.29, 0.717) is 55.4 Å². The number of ether oxygens (including phenoxy) is 3. The molecule has 3 N–H and O–H groups in total. The second-order valence-corrected chi connectivity index (χ2v) is 8.15. The Labute approximate surface area is 191 Å². The van der Waals surface area contributed by atoms with Crippen molar-refractivity contribution in [1.82, 2.24) is 15.0 Å². The molecular weight excluding hydrogens is 430 g/mol. The Balaban J connectivity index is 1.30. The number of carboxylic acids is 1. The quantitative estimate of drug-likeness (QED) is 0.423. The molecule has 2 aliphatic rings. The zero-order chi connectivity index (χ0) is 23.2. The molecule has 1 aromatic heterocycles. The molecule has 0 radical (unpaired) electrons. The molecule has 1 saturated heterocycles. The van der Waals surface area contributed by atoms with Crippen LogP contribution >= 0.6 is 0 Å². The van der Waals surface area contributed by atoms with Crippen LogP contribution in [0.4, 0.5) is 11.9 Å². The highest BCUT2D eigenvalue weighted by Gasteiger charge is 2.25. The molecule has 11 nitrogen and oxygen atoms in total. The summed E-state index contributed by atoms with van der Waals surface area (Å²) in [6.45, 7) is 3.34. The van der Waals surface area contributed by atoms with Crippen LogP contribution < -0.4 is 24.4 Å². The van der Waals surface area contributed by atoms with E-state index in [1.54, 1.807) is 24.3 Å². The lowest BCUT2D eigenvalue weighted by molar-refractivity contribution is -0.144. The predicted octanol–water partition coefficient (Wildman–Crippen LogP) is 1.72. The predicted molar refractivity (Wildman–Crippen MR) is 119 cm³/mol. The monoisotopic (exact) mass is 459 g/mol. The van der Waals surface area contributed by atoms with Crippen LogP contribution in [0.15, 0.2) is 24.3 Å². The topological polar surface area (TPSA) is 139 Å². The smallest absolute Gasteiger partial charge is 0.344 e. The van der Waals surface area contributed by atoms with Crippen LogP contribution in [0.3, 0.4) is 0 Å². The van der Waals surface area contributed by atoms with Gasteiger partial charge in [-0.1, -0.05) is 0 Å². The van der Waals surface area contributed by atoms with E-state index < -0.39 is 12.1 Å².